The van der Waals surface area contributed by atoms with E-state index in [0.29, 0.717) is 13.0 Å². The molecule has 22 heavy (non-hydrogen) atoms. The van der Waals surface area contributed by atoms with Crippen LogP contribution in [-0.4, -0.2) is 29.9 Å². The molecule has 0 aliphatic rings. The highest BCUT2D eigenvalue weighted by Gasteiger charge is 2.10. The number of urea groups is 1. The van der Waals surface area contributed by atoms with Crippen molar-refractivity contribution in [1.82, 2.24) is 10.6 Å². The second-order valence-electron chi connectivity index (χ2n) is 5.87. The normalized spacial score (nSPS) is 12.1. The highest BCUT2D eigenvalue weighted by molar-refractivity contribution is 5.74. The third kappa shape index (κ3) is 6.80. The molecular weight excluding hydrogens is 280 g/mol. The zero-order valence-corrected chi connectivity index (χ0v) is 14.0. The maximum absolute atomic E-state index is 11.9. The summed E-state index contributed by atoms with van der Waals surface area (Å²) in [7, 11) is 0. The molecule has 0 aliphatic heterocycles. The van der Waals surface area contributed by atoms with Crippen molar-refractivity contribution in [2.24, 2.45) is 0 Å². The molecule has 1 aromatic carbocycles. The van der Waals surface area contributed by atoms with Gasteiger partial charge in [0, 0.05) is 24.8 Å². The van der Waals surface area contributed by atoms with Gasteiger partial charge in [-0.2, -0.15) is 0 Å². The Morgan fingerprint density at radius 1 is 1.32 bits per heavy atom. The molecular formula is C17H28N2O3. The van der Waals surface area contributed by atoms with Crippen molar-refractivity contribution in [1.29, 1.82) is 0 Å². The Kier molecular flexibility index (Phi) is 7.74. The number of rotatable bonds is 8. The highest BCUT2D eigenvalue weighted by Crippen LogP contribution is 2.21. The number of ether oxygens (including phenoxy) is 1. The lowest BCUT2D eigenvalue weighted by Gasteiger charge is -2.17. The monoisotopic (exact) mass is 308 g/mol. The number of aryl methyl sites for hydroxylation is 1. The number of amides is 2. The number of nitrogens with one attached hydrogen (secondary N) is 2. The molecule has 5 heteroatoms. The molecule has 0 fully saturated rings. The summed E-state index contributed by atoms with van der Waals surface area (Å²) in [6.45, 7) is 8.46. The third-order valence-corrected chi connectivity index (χ3v) is 3.20. The molecule has 0 aromatic heterocycles. The van der Waals surface area contributed by atoms with Gasteiger partial charge in [-0.1, -0.05) is 12.1 Å². The van der Waals surface area contributed by atoms with Gasteiger partial charge in [-0.25, -0.2) is 4.79 Å². The molecule has 0 radical (unpaired) electrons. The first-order valence-corrected chi connectivity index (χ1v) is 7.83. The molecule has 1 aromatic rings. The van der Waals surface area contributed by atoms with Crippen molar-refractivity contribution >= 4 is 6.03 Å². The number of benzene rings is 1. The van der Waals surface area contributed by atoms with Gasteiger partial charge >= 0.3 is 6.03 Å². The second-order valence-corrected chi connectivity index (χ2v) is 5.87. The Bertz CT molecular complexity index is 475. The number of hydrogen-bond donors (Lipinski definition) is 3. The highest BCUT2D eigenvalue weighted by atomic mass is 16.5. The second kappa shape index (κ2) is 9.30. The van der Waals surface area contributed by atoms with Crippen LogP contribution in [0.2, 0.25) is 0 Å². The van der Waals surface area contributed by atoms with E-state index in [0.717, 1.165) is 23.3 Å². The molecule has 0 saturated carbocycles. The van der Waals surface area contributed by atoms with Gasteiger partial charge in [0.1, 0.15) is 5.75 Å². The molecule has 2 amide bonds. The van der Waals surface area contributed by atoms with Crippen LogP contribution in [0.25, 0.3) is 0 Å². The molecule has 0 heterocycles. The van der Waals surface area contributed by atoms with Gasteiger partial charge < -0.3 is 20.5 Å². The maximum Gasteiger partial charge on any atom is 0.315 e. The molecule has 0 spiro atoms. The lowest BCUT2D eigenvalue weighted by Crippen LogP contribution is -2.40. The van der Waals surface area contributed by atoms with Crippen LogP contribution in [0.15, 0.2) is 18.2 Å². The van der Waals surface area contributed by atoms with Crippen molar-refractivity contribution in [3.05, 3.63) is 29.3 Å². The standard InChI is InChI=1S/C17H28N2O3/c1-12(2)22-16-10-13(3)7-8-15(16)11-18-17(21)19-14(4)6-5-9-20/h7-8,10,12,14,20H,5-6,9,11H2,1-4H3,(H2,18,19,21). The number of carbonyl (C=O) groups is 1. The van der Waals surface area contributed by atoms with Crippen molar-refractivity contribution in [2.45, 2.75) is 59.2 Å². The average Bonchev–Trinajstić information content (AvgIpc) is 2.43. The SMILES string of the molecule is Cc1ccc(CNC(=O)NC(C)CCCO)c(OC(C)C)c1. The van der Waals surface area contributed by atoms with Crippen LogP contribution in [-0.2, 0) is 6.54 Å². The largest absolute Gasteiger partial charge is 0.491 e. The lowest BCUT2D eigenvalue weighted by atomic mass is 10.1. The van der Waals surface area contributed by atoms with Gasteiger partial charge in [-0.05, 0) is 52.2 Å². The van der Waals surface area contributed by atoms with E-state index in [1.807, 2.05) is 45.9 Å². The van der Waals surface area contributed by atoms with Crippen molar-refractivity contribution in [3.63, 3.8) is 0 Å². The van der Waals surface area contributed by atoms with E-state index in [4.69, 9.17) is 9.84 Å². The van der Waals surface area contributed by atoms with Crippen molar-refractivity contribution in [3.8, 4) is 5.75 Å². The van der Waals surface area contributed by atoms with Crippen LogP contribution in [0.4, 0.5) is 4.79 Å². The van der Waals surface area contributed by atoms with Crippen LogP contribution < -0.4 is 15.4 Å². The zero-order valence-electron chi connectivity index (χ0n) is 14.0. The lowest BCUT2D eigenvalue weighted by molar-refractivity contribution is 0.231. The summed E-state index contributed by atoms with van der Waals surface area (Å²) < 4.78 is 5.79. The first-order valence-electron chi connectivity index (χ1n) is 7.83. The Hall–Kier alpha value is -1.75. The van der Waals surface area contributed by atoms with E-state index in [1.165, 1.54) is 0 Å². The summed E-state index contributed by atoms with van der Waals surface area (Å²) in [5.74, 6) is 0.809. The molecule has 3 N–H and O–H groups in total. The number of carbonyl (C=O) groups excluding carboxylic acids is 1. The summed E-state index contributed by atoms with van der Waals surface area (Å²) in [5.41, 5.74) is 2.08. The topological polar surface area (TPSA) is 70.6 Å². The molecule has 5 nitrogen and oxygen atoms in total. The fraction of sp³-hybridized carbons (Fsp3) is 0.588. The van der Waals surface area contributed by atoms with Gasteiger partial charge in [0.25, 0.3) is 0 Å². The average molecular weight is 308 g/mol. The number of hydrogen-bond acceptors (Lipinski definition) is 3. The minimum Gasteiger partial charge on any atom is -0.491 e. The van der Waals surface area contributed by atoms with Gasteiger partial charge in [0.05, 0.1) is 6.10 Å². The van der Waals surface area contributed by atoms with Gasteiger partial charge in [-0.3, -0.25) is 0 Å². The minimum atomic E-state index is -0.207. The predicted octanol–water partition coefficient (Wildman–Crippen LogP) is 2.74. The van der Waals surface area contributed by atoms with Gasteiger partial charge in [0.15, 0.2) is 0 Å². The van der Waals surface area contributed by atoms with E-state index in [2.05, 4.69) is 10.6 Å². The smallest absolute Gasteiger partial charge is 0.315 e. The minimum absolute atomic E-state index is 0.0385. The van der Waals surface area contributed by atoms with E-state index in [1.54, 1.807) is 0 Å². The van der Waals surface area contributed by atoms with Crippen LogP contribution in [0.5, 0.6) is 5.75 Å². The maximum atomic E-state index is 11.9. The van der Waals surface area contributed by atoms with Crippen molar-refractivity contribution in [2.75, 3.05) is 6.61 Å². The molecule has 0 bridgehead atoms. The Morgan fingerprint density at radius 2 is 2.05 bits per heavy atom. The predicted molar refractivity (Wildman–Crippen MR) is 88.1 cm³/mol. The fourth-order valence-electron chi connectivity index (χ4n) is 2.09. The van der Waals surface area contributed by atoms with E-state index in [-0.39, 0.29) is 24.8 Å². The Morgan fingerprint density at radius 3 is 2.68 bits per heavy atom. The number of aliphatic hydroxyl groups excluding tert-OH is 1. The van der Waals surface area contributed by atoms with Crippen molar-refractivity contribution < 1.29 is 14.6 Å². The van der Waals surface area contributed by atoms with Gasteiger partial charge in [0.2, 0.25) is 0 Å². The summed E-state index contributed by atoms with van der Waals surface area (Å²) in [6.07, 6.45) is 1.54. The Balaban J connectivity index is 2.54. The van der Waals surface area contributed by atoms with E-state index < -0.39 is 0 Å². The van der Waals surface area contributed by atoms with Crippen LogP contribution in [0.3, 0.4) is 0 Å². The Labute approximate surface area is 133 Å². The van der Waals surface area contributed by atoms with Gasteiger partial charge in [-0.15, -0.1) is 0 Å². The van der Waals surface area contributed by atoms with E-state index in [9.17, 15) is 4.79 Å². The molecule has 0 aliphatic carbocycles. The molecule has 1 unspecified atom stereocenters. The molecule has 0 saturated heterocycles. The first kappa shape index (κ1) is 18.3. The molecule has 1 rings (SSSR count). The first-order chi connectivity index (χ1) is 10.4. The number of aliphatic hydroxyl groups is 1. The fourth-order valence-corrected chi connectivity index (χ4v) is 2.09. The molecule has 124 valence electrons. The molecule has 1 atom stereocenters. The van der Waals surface area contributed by atoms with Crippen LogP contribution in [0, 0.1) is 6.92 Å². The zero-order chi connectivity index (χ0) is 16.5. The van der Waals surface area contributed by atoms with Crippen LogP contribution >= 0.6 is 0 Å². The van der Waals surface area contributed by atoms with Crippen LogP contribution in [0.1, 0.15) is 44.7 Å². The summed E-state index contributed by atoms with van der Waals surface area (Å²) in [4.78, 5) is 11.9. The summed E-state index contributed by atoms with van der Waals surface area (Å²) >= 11 is 0. The summed E-state index contributed by atoms with van der Waals surface area (Å²) in [5, 5.41) is 14.5. The quantitative estimate of drug-likeness (QED) is 0.691. The third-order valence-electron chi connectivity index (χ3n) is 3.20. The van der Waals surface area contributed by atoms with E-state index >= 15 is 0 Å². The summed E-state index contributed by atoms with van der Waals surface area (Å²) in [6, 6.07) is 5.80.